The number of methoxy groups -OCH3 is 1. The number of aromatic nitrogens is 2. The Morgan fingerprint density at radius 3 is 2.94 bits per heavy atom. The molecule has 0 spiro atoms. The Hall–Kier alpha value is -0.570. The first-order chi connectivity index (χ1) is 7.69. The molecule has 0 aliphatic carbocycles. The predicted molar refractivity (Wildman–Crippen MR) is 70.6 cm³/mol. The van der Waals surface area contributed by atoms with Crippen molar-refractivity contribution < 1.29 is 14.3 Å². The number of hydrogen-bond acceptors (Lipinski definition) is 6. The van der Waals surface area contributed by atoms with E-state index in [4.69, 9.17) is 9.47 Å². The lowest BCUT2D eigenvalue weighted by Crippen LogP contribution is -2.07. The van der Waals surface area contributed by atoms with E-state index >= 15 is 0 Å². The van der Waals surface area contributed by atoms with Crippen molar-refractivity contribution in [3.63, 3.8) is 0 Å². The van der Waals surface area contributed by atoms with E-state index in [2.05, 4.69) is 31.2 Å². The Labute approximate surface area is 110 Å². The molecule has 0 N–H and O–H groups in total. The Balaban J connectivity index is 2.84. The molecule has 1 heterocycles. The maximum Gasteiger partial charge on any atom is 0.260 e. The van der Waals surface area contributed by atoms with Gasteiger partial charge in [0.1, 0.15) is 0 Å². The second-order valence-electron chi connectivity index (χ2n) is 2.79. The van der Waals surface area contributed by atoms with Crippen LogP contribution in [-0.2, 0) is 0 Å². The number of halogens is 1. The van der Waals surface area contributed by atoms with Gasteiger partial charge in [0.15, 0.2) is 17.4 Å². The largest absolute Gasteiger partial charge is 0.490 e. The van der Waals surface area contributed by atoms with Gasteiger partial charge in [0.25, 0.3) is 5.88 Å². The Morgan fingerprint density at radius 1 is 1.62 bits per heavy atom. The lowest BCUT2D eigenvalue weighted by atomic mass is 10.4. The fourth-order valence-corrected chi connectivity index (χ4v) is 1.62. The number of ether oxygens (including phenoxy) is 2. The lowest BCUT2D eigenvalue weighted by Gasteiger charge is -2.08. The third-order valence-electron chi connectivity index (χ3n) is 1.66. The molecule has 0 radical (unpaired) electrons. The Bertz CT molecular complexity index is 376. The van der Waals surface area contributed by atoms with Gasteiger partial charge in [-0.1, -0.05) is 8.93 Å². The number of hydrogen-bond donors (Lipinski definition) is 0. The van der Waals surface area contributed by atoms with E-state index < -0.39 is 0 Å². The molecule has 0 aliphatic heterocycles. The van der Waals surface area contributed by atoms with Crippen LogP contribution in [0.25, 0.3) is 0 Å². The topological polar surface area (TPSA) is 61.3 Å². The molecule has 0 unspecified atom stereocenters. The molecule has 1 aromatic heterocycles. The van der Waals surface area contributed by atoms with Crippen molar-refractivity contribution in [3.8, 4) is 11.6 Å². The van der Waals surface area contributed by atoms with E-state index in [1.165, 1.54) is 20.2 Å². The molecule has 0 aliphatic rings. The van der Waals surface area contributed by atoms with Crippen LogP contribution in [0, 0.1) is 0 Å². The summed E-state index contributed by atoms with van der Waals surface area (Å²) in [6.07, 6.45) is 1.44. The molecule has 1 aromatic rings. The zero-order valence-corrected chi connectivity index (χ0v) is 11.9. The molecule has 0 fully saturated rings. The first-order valence-electron chi connectivity index (χ1n) is 4.47. The van der Waals surface area contributed by atoms with Crippen LogP contribution in [0.5, 0.6) is 11.6 Å². The summed E-state index contributed by atoms with van der Waals surface area (Å²) >= 11 is 2.18. The smallest absolute Gasteiger partial charge is 0.260 e. The van der Waals surface area contributed by atoms with Crippen LogP contribution < -0.4 is 9.47 Å². The third-order valence-corrected chi connectivity index (χ3v) is 3.30. The average molecular weight is 354 g/mol. The first-order valence-corrected chi connectivity index (χ1v) is 8.00. The highest BCUT2D eigenvalue weighted by atomic mass is 127. The normalized spacial score (nSPS) is 9.94. The minimum atomic E-state index is -0.198. The minimum absolute atomic E-state index is 0.137. The van der Waals surface area contributed by atoms with Crippen LogP contribution in [0.4, 0.5) is 0 Å². The van der Waals surface area contributed by atoms with Crippen molar-refractivity contribution in [2.75, 3.05) is 19.5 Å². The fraction of sp³-hybridized carbons (Fsp3) is 0.444. The quantitative estimate of drug-likeness (QED) is 0.443. The van der Waals surface area contributed by atoms with Gasteiger partial charge in [0.2, 0.25) is 0 Å². The highest BCUT2D eigenvalue weighted by Crippen LogP contribution is 2.23. The van der Waals surface area contributed by atoms with Gasteiger partial charge in [0, 0.05) is 12.7 Å². The monoisotopic (exact) mass is 354 g/mol. The second kappa shape index (κ2) is 6.89. The SMILES string of the molecule is COc1cnc(C(C)=O)nc1OCCSI. The highest BCUT2D eigenvalue weighted by Gasteiger charge is 2.11. The number of nitrogens with zero attached hydrogens (tertiary/aromatic N) is 2. The summed E-state index contributed by atoms with van der Waals surface area (Å²) in [7, 11) is 3.14. The summed E-state index contributed by atoms with van der Waals surface area (Å²) in [5.41, 5.74) is 0. The summed E-state index contributed by atoms with van der Waals surface area (Å²) in [6, 6.07) is 0. The second-order valence-corrected chi connectivity index (χ2v) is 5.28. The van der Waals surface area contributed by atoms with Crippen molar-refractivity contribution in [1.29, 1.82) is 0 Å². The molecule has 16 heavy (non-hydrogen) atoms. The zero-order valence-electron chi connectivity index (χ0n) is 8.90. The highest BCUT2D eigenvalue weighted by molar-refractivity contribution is 14.2. The molecular formula is C9H11IN2O3S. The molecule has 5 nitrogen and oxygen atoms in total. The van der Waals surface area contributed by atoms with Gasteiger partial charge < -0.3 is 9.47 Å². The molecule has 0 amide bonds. The number of rotatable bonds is 6. The number of carbonyl (C=O) groups is 1. The van der Waals surface area contributed by atoms with Crippen molar-refractivity contribution in [2.24, 2.45) is 0 Å². The van der Waals surface area contributed by atoms with Gasteiger partial charge in [-0.05, 0) is 21.2 Å². The predicted octanol–water partition coefficient (Wildman–Crippen LogP) is 2.15. The third kappa shape index (κ3) is 3.78. The summed E-state index contributed by atoms with van der Waals surface area (Å²) in [4.78, 5) is 19.0. The van der Waals surface area contributed by atoms with Crippen LogP contribution in [0.15, 0.2) is 6.20 Å². The number of Topliss-reactive ketones (excluding diaryl/α,β-unsaturated/α-hetero) is 1. The molecule has 1 rings (SSSR count). The molecule has 0 bridgehead atoms. The average Bonchev–Trinajstić information content (AvgIpc) is 2.29. The molecule has 0 atom stereocenters. The van der Waals surface area contributed by atoms with E-state index in [-0.39, 0.29) is 11.6 Å². The van der Waals surface area contributed by atoms with Gasteiger partial charge in [-0.15, -0.1) is 0 Å². The standard InChI is InChI=1S/C9H11IN2O3S/c1-6(13)8-11-5-7(14-2)9(12-8)15-3-4-16-10/h5H,3-4H2,1-2H3. The van der Waals surface area contributed by atoms with Gasteiger partial charge in [-0.3, -0.25) is 4.79 Å². The molecule has 7 heteroatoms. The zero-order chi connectivity index (χ0) is 12.0. The lowest BCUT2D eigenvalue weighted by molar-refractivity contribution is 0.100. The van der Waals surface area contributed by atoms with Crippen LogP contribution >= 0.6 is 30.1 Å². The number of carbonyl (C=O) groups excluding carboxylic acids is 1. The summed E-state index contributed by atoms with van der Waals surface area (Å²) in [6.45, 7) is 1.92. The van der Waals surface area contributed by atoms with Crippen LogP contribution in [-0.4, -0.2) is 35.2 Å². The van der Waals surface area contributed by atoms with Gasteiger partial charge >= 0.3 is 0 Å². The van der Waals surface area contributed by atoms with E-state index in [1.54, 1.807) is 8.93 Å². The minimum Gasteiger partial charge on any atom is -0.490 e. The van der Waals surface area contributed by atoms with Crippen molar-refractivity contribution in [2.45, 2.75) is 6.92 Å². The summed E-state index contributed by atoms with van der Waals surface area (Å²) in [5, 5.41) is 0. The Kier molecular flexibility index (Phi) is 5.81. The Morgan fingerprint density at radius 2 is 2.38 bits per heavy atom. The van der Waals surface area contributed by atoms with Gasteiger partial charge in [0.05, 0.1) is 19.9 Å². The molecule has 0 aromatic carbocycles. The molecule has 88 valence electrons. The molecule has 0 saturated heterocycles. The van der Waals surface area contributed by atoms with Crippen molar-refractivity contribution >= 4 is 35.9 Å². The fourth-order valence-electron chi connectivity index (χ4n) is 0.938. The van der Waals surface area contributed by atoms with Crippen molar-refractivity contribution in [1.82, 2.24) is 9.97 Å². The maximum atomic E-state index is 11.1. The van der Waals surface area contributed by atoms with Gasteiger partial charge in [-0.2, -0.15) is 4.98 Å². The first kappa shape index (κ1) is 13.5. The van der Waals surface area contributed by atoms with E-state index in [0.29, 0.717) is 18.2 Å². The summed E-state index contributed by atoms with van der Waals surface area (Å²) in [5.74, 6) is 1.52. The molecule has 0 saturated carbocycles. The summed E-state index contributed by atoms with van der Waals surface area (Å²) < 4.78 is 10.4. The van der Waals surface area contributed by atoms with E-state index in [1.807, 2.05) is 0 Å². The van der Waals surface area contributed by atoms with Crippen molar-refractivity contribution in [3.05, 3.63) is 12.0 Å². The maximum absolute atomic E-state index is 11.1. The van der Waals surface area contributed by atoms with Gasteiger partial charge in [-0.25, -0.2) is 4.98 Å². The van der Waals surface area contributed by atoms with E-state index in [9.17, 15) is 4.79 Å². The molecular weight excluding hydrogens is 343 g/mol. The van der Waals surface area contributed by atoms with Crippen LogP contribution in [0.3, 0.4) is 0 Å². The number of ketones is 1. The van der Waals surface area contributed by atoms with Crippen LogP contribution in [0.2, 0.25) is 0 Å². The van der Waals surface area contributed by atoms with Crippen LogP contribution in [0.1, 0.15) is 17.5 Å². The van der Waals surface area contributed by atoms with E-state index in [0.717, 1.165) is 5.75 Å².